The van der Waals surface area contributed by atoms with E-state index < -0.39 is 0 Å². The molecule has 15 heavy (non-hydrogen) atoms. The lowest BCUT2D eigenvalue weighted by atomic mass is 9.92. The van der Waals surface area contributed by atoms with Crippen LogP contribution in [0, 0.1) is 24.2 Å². The third kappa shape index (κ3) is 4.70. The summed E-state index contributed by atoms with van der Waals surface area (Å²) < 4.78 is 0. The summed E-state index contributed by atoms with van der Waals surface area (Å²) in [6.07, 6.45) is 8.89. The van der Waals surface area contributed by atoms with E-state index in [0.29, 0.717) is 11.8 Å². The lowest BCUT2D eigenvalue weighted by Gasteiger charge is -2.12. The fourth-order valence-electron chi connectivity index (χ4n) is 1.82. The van der Waals surface area contributed by atoms with Crippen molar-refractivity contribution in [1.82, 2.24) is 0 Å². The number of hydrogen-bond acceptors (Lipinski definition) is 0. The summed E-state index contributed by atoms with van der Waals surface area (Å²) in [4.78, 5) is 0. The zero-order valence-corrected chi connectivity index (χ0v) is 9.74. The van der Waals surface area contributed by atoms with Gasteiger partial charge in [0.2, 0.25) is 0 Å². The Morgan fingerprint density at radius 1 is 1.20 bits per heavy atom. The Morgan fingerprint density at radius 3 is 2.40 bits per heavy atom. The van der Waals surface area contributed by atoms with E-state index in [1.54, 1.807) is 0 Å². The summed E-state index contributed by atoms with van der Waals surface area (Å²) in [6, 6.07) is 10.6. The third-order valence-corrected chi connectivity index (χ3v) is 2.62. The second-order valence-corrected chi connectivity index (χ2v) is 4.52. The zero-order valence-electron chi connectivity index (χ0n) is 9.74. The lowest BCUT2D eigenvalue weighted by Crippen LogP contribution is -2.03. The van der Waals surface area contributed by atoms with Crippen molar-refractivity contribution in [2.75, 3.05) is 0 Å². The molecule has 0 bridgehead atoms. The Morgan fingerprint density at radius 2 is 1.87 bits per heavy atom. The molecule has 0 unspecified atom stereocenters. The van der Waals surface area contributed by atoms with Gasteiger partial charge in [0.25, 0.3) is 0 Å². The quantitative estimate of drug-likeness (QED) is 0.632. The Labute approximate surface area is 93.7 Å². The highest BCUT2D eigenvalue weighted by Crippen LogP contribution is 2.17. The first-order chi connectivity index (χ1) is 7.22. The number of terminal acetylenes is 1. The normalized spacial score (nSPS) is 12.4. The van der Waals surface area contributed by atoms with Gasteiger partial charge in [0.15, 0.2) is 0 Å². The molecule has 1 rings (SSSR count). The van der Waals surface area contributed by atoms with Crippen LogP contribution in [0.3, 0.4) is 0 Å². The first kappa shape index (κ1) is 11.9. The van der Waals surface area contributed by atoms with Crippen LogP contribution in [0.2, 0.25) is 0 Å². The van der Waals surface area contributed by atoms with E-state index in [4.69, 9.17) is 6.42 Å². The minimum atomic E-state index is 0.435. The van der Waals surface area contributed by atoms with Gasteiger partial charge in [0.1, 0.15) is 0 Å². The molecular formula is C15H20. The maximum Gasteiger partial charge on any atom is 0.0205 e. The van der Waals surface area contributed by atoms with Crippen molar-refractivity contribution in [3.05, 3.63) is 35.9 Å². The zero-order chi connectivity index (χ0) is 11.1. The van der Waals surface area contributed by atoms with E-state index in [9.17, 15) is 0 Å². The fourth-order valence-corrected chi connectivity index (χ4v) is 1.82. The molecule has 0 nitrogen and oxygen atoms in total. The van der Waals surface area contributed by atoms with Crippen molar-refractivity contribution in [3.63, 3.8) is 0 Å². The minimum absolute atomic E-state index is 0.435. The lowest BCUT2D eigenvalue weighted by molar-refractivity contribution is 0.463. The van der Waals surface area contributed by atoms with E-state index >= 15 is 0 Å². The molecule has 0 heteroatoms. The van der Waals surface area contributed by atoms with Gasteiger partial charge in [-0.15, -0.1) is 12.3 Å². The van der Waals surface area contributed by atoms with E-state index in [0.717, 1.165) is 19.3 Å². The molecule has 0 amide bonds. The van der Waals surface area contributed by atoms with Crippen LogP contribution in [-0.4, -0.2) is 0 Å². The highest BCUT2D eigenvalue weighted by Gasteiger charge is 2.07. The maximum atomic E-state index is 5.54. The number of aryl methyl sites for hydroxylation is 1. The largest absolute Gasteiger partial charge is 0.120 e. The Balaban J connectivity index is 2.39. The van der Waals surface area contributed by atoms with Crippen LogP contribution >= 0.6 is 0 Å². The topological polar surface area (TPSA) is 0 Å². The van der Waals surface area contributed by atoms with Gasteiger partial charge in [-0.25, -0.2) is 0 Å². The summed E-state index contributed by atoms with van der Waals surface area (Å²) in [5.41, 5.74) is 1.39. The molecule has 1 aromatic rings. The summed E-state index contributed by atoms with van der Waals surface area (Å²) in [5.74, 6) is 4.04. The predicted octanol–water partition coefficient (Wildman–Crippen LogP) is 3.91. The molecule has 0 aliphatic rings. The monoisotopic (exact) mass is 200 g/mol. The molecule has 0 N–H and O–H groups in total. The average Bonchev–Trinajstić information content (AvgIpc) is 2.25. The van der Waals surface area contributed by atoms with Crippen molar-refractivity contribution in [1.29, 1.82) is 0 Å². The molecule has 1 atom stereocenters. The van der Waals surface area contributed by atoms with E-state index in [1.807, 2.05) is 0 Å². The second kappa shape index (κ2) is 6.30. The van der Waals surface area contributed by atoms with Crippen LogP contribution in [-0.2, 0) is 6.42 Å². The summed E-state index contributed by atoms with van der Waals surface area (Å²) >= 11 is 0. The van der Waals surface area contributed by atoms with Gasteiger partial charge < -0.3 is 0 Å². The second-order valence-electron chi connectivity index (χ2n) is 4.52. The Hall–Kier alpha value is -1.22. The summed E-state index contributed by atoms with van der Waals surface area (Å²) in [7, 11) is 0. The first-order valence-electron chi connectivity index (χ1n) is 5.72. The smallest absolute Gasteiger partial charge is 0.0205 e. The third-order valence-electron chi connectivity index (χ3n) is 2.62. The Bertz CT molecular complexity index is 303. The van der Waals surface area contributed by atoms with Crippen LogP contribution in [0.25, 0.3) is 0 Å². The first-order valence-corrected chi connectivity index (χ1v) is 5.72. The van der Waals surface area contributed by atoms with E-state index in [-0.39, 0.29) is 0 Å². The maximum absolute atomic E-state index is 5.54. The minimum Gasteiger partial charge on any atom is -0.120 e. The summed E-state index contributed by atoms with van der Waals surface area (Å²) in [6.45, 7) is 4.46. The molecule has 1 aromatic carbocycles. The molecule has 0 fully saturated rings. The molecule has 0 aromatic heterocycles. The van der Waals surface area contributed by atoms with Crippen molar-refractivity contribution < 1.29 is 0 Å². The van der Waals surface area contributed by atoms with Crippen molar-refractivity contribution in [2.24, 2.45) is 11.8 Å². The molecule has 0 saturated heterocycles. The van der Waals surface area contributed by atoms with Gasteiger partial charge in [0.05, 0.1) is 0 Å². The molecule has 0 aliphatic heterocycles. The van der Waals surface area contributed by atoms with Gasteiger partial charge in [-0.2, -0.15) is 0 Å². The molecule has 0 radical (unpaired) electrons. The van der Waals surface area contributed by atoms with E-state index in [2.05, 4.69) is 50.1 Å². The van der Waals surface area contributed by atoms with Crippen molar-refractivity contribution in [3.8, 4) is 12.3 Å². The number of rotatable bonds is 5. The SMILES string of the molecule is C#C[C@@H](CCc1ccccc1)CC(C)C. The van der Waals surface area contributed by atoms with Gasteiger partial charge >= 0.3 is 0 Å². The molecule has 0 aliphatic carbocycles. The average molecular weight is 200 g/mol. The van der Waals surface area contributed by atoms with Gasteiger partial charge in [0, 0.05) is 5.92 Å². The van der Waals surface area contributed by atoms with E-state index in [1.165, 1.54) is 5.56 Å². The standard InChI is InChI=1S/C15H20/c1-4-14(12-13(2)3)10-11-15-8-6-5-7-9-15/h1,5-9,13-14H,10-12H2,2-3H3/t14-/m0/s1. The molecular weight excluding hydrogens is 180 g/mol. The molecule has 0 spiro atoms. The van der Waals surface area contributed by atoms with Crippen molar-refractivity contribution in [2.45, 2.75) is 33.1 Å². The van der Waals surface area contributed by atoms with Gasteiger partial charge in [-0.05, 0) is 30.7 Å². The van der Waals surface area contributed by atoms with Gasteiger partial charge in [-0.3, -0.25) is 0 Å². The number of benzene rings is 1. The van der Waals surface area contributed by atoms with Crippen molar-refractivity contribution >= 4 is 0 Å². The van der Waals surface area contributed by atoms with Gasteiger partial charge in [-0.1, -0.05) is 44.2 Å². The summed E-state index contributed by atoms with van der Waals surface area (Å²) in [5, 5.41) is 0. The van der Waals surface area contributed by atoms with Crippen LogP contribution in [0.5, 0.6) is 0 Å². The molecule has 0 heterocycles. The van der Waals surface area contributed by atoms with Crippen LogP contribution in [0.1, 0.15) is 32.3 Å². The molecule has 80 valence electrons. The van der Waals surface area contributed by atoms with Crippen LogP contribution in [0.15, 0.2) is 30.3 Å². The fraction of sp³-hybridized carbons (Fsp3) is 0.467. The highest BCUT2D eigenvalue weighted by molar-refractivity contribution is 5.15. The highest BCUT2D eigenvalue weighted by atomic mass is 14.1. The van der Waals surface area contributed by atoms with Crippen LogP contribution in [0.4, 0.5) is 0 Å². The predicted molar refractivity (Wildman–Crippen MR) is 66.5 cm³/mol. The van der Waals surface area contributed by atoms with Crippen LogP contribution < -0.4 is 0 Å². The molecule has 0 saturated carbocycles. The number of hydrogen-bond donors (Lipinski definition) is 0. The Kier molecular flexibility index (Phi) is 4.98.